The second-order valence-corrected chi connectivity index (χ2v) is 9.76. The third kappa shape index (κ3) is 9.94. The van der Waals surface area contributed by atoms with Gasteiger partial charge in [-0.2, -0.15) is 8.62 Å². The highest BCUT2D eigenvalue weighted by molar-refractivity contribution is 7.66. The topological polar surface area (TPSA) is 195 Å². The first-order valence-electron chi connectivity index (χ1n) is 7.30. The molecule has 1 aliphatic rings. The normalized spacial score (nSPS) is 27.3. The van der Waals surface area contributed by atoms with E-state index in [0.717, 1.165) is 0 Å². The molecule has 1 fully saturated rings. The summed E-state index contributed by atoms with van der Waals surface area (Å²) >= 11 is 0. The number of phosphoric ester groups is 1. The average molecular weight is 452 g/mol. The predicted octanol–water partition coefficient (Wildman–Crippen LogP) is 0.832. The lowest BCUT2D eigenvalue weighted by molar-refractivity contribution is -0.152. The Morgan fingerprint density at radius 2 is 1.81 bits per heavy atom. The van der Waals surface area contributed by atoms with Gasteiger partial charge in [0.1, 0.15) is 12.2 Å². The minimum atomic E-state index is -5.61. The predicted molar refractivity (Wildman–Crippen MR) is 86.7 cm³/mol. The molecule has 3 unspecified atom stereocenters. The lowest BCUT2D eigenvalue weighted by atomic mass is 10.1. The molecule has 1 saturated heterocycles. The highest BCUT2D eigenvalue weighted by atomic mass is 31.3. The Kier molecular flexibility index (Phi) is 8.82. The van der Waals surface area contributed by atoms with E-state index in [1.165, 1.54) is 0 Å². The number of carbonyl (C=O) groups excluding carboxylic acids is 1. The van der Waals surface area contributed by atoms with Gasteiger partial charge in [-0.05, 0) is 6.92 Å². The second-order valence-electron chi connectivity index (χ2n) is 5.34. The summed E-state index contributed by atoms with van der Waals surface area (Å²) in [4.78, 5) is 47.0. The molecular formula is C11H19O13P3. The molecule has 1 rings (SSSR count). The summed E-state index contributed by atoms with van der Waals surface area (Å²) < 4.78 is 55.6. The lowest BCUT2D eigenvalue weighted by Crippen LogP contribution is -2.31. The van der Waals surface area contributed by atoms with Crippen LogP contribution in [0.2, 0.25) is 0 Å². The van der Waals surface area contributed by atoms with Crippen LogP contribution in [0, 0.1) is 12.3 Å². The first-order valence-corrected chi connectivity index (χ1v) is 11.8. The van der Waals surface area contributed by atoms with E-state index in [9.17, 15) is 23.4 Å². The first kappa shape index (κ1) is 24.4. The number of carbonyl (C=O) groups is 1. The van der Waals surface area contributed by atoms with E-state index in [0.29, 0.717) is 0 Å². The van der Waals surface area contributed by atoms with Crippen molar-refractivity contribution in [2.24, 2.45) is 0 Å². The molecule has 27 heavy (non-hydrogen) atoms. The Labute approximate surface area is 154 Å². The molecule has 0 amide bonds. The van der Waals surface area contributed by atoms with Crippen LogP contribution in [0.1, 0.15) is 26.2 Å². The highest BCUT2D eigenvalue weighted by Gasteiger charge is 2.43. The summed E-state index contributed by atoms with van der Waals surface area (Å²) in [6.45, 7) is 0.953. The van der Waals surface area contributed by atoms with Crippen molar-refractivity contribution in [1.29, 1.82) is 0 Å². The van der Waals surface area contributed by atoms with E-state index in [2.05, 4.69) is 19.1 Å². The number of ether oxygens (including phenoxy) is 2. The van der Waals surface area contributed by atoms with Crippen LogP contribution in [0.4, 0.5) is 0 Å². The van der Waals surface area contributed by atoms with Crippen LogP contribution in [-0.2, 0) is 41.1 Å². The standard InChI is InChI=1S/C11H19O13P3/c1-3-4-5-11(12)22-9-6-8(2)21-10(9)7-20-26(16,17)24-27(18,19)23-25(13,14)15/h1,8-10H,4-7H2,2H3,(H,16,17)(H,18,19)(H2,13,14,15)/t8-,9?,10+/m0/s1. The minimum absolute atomic E-state index is 0.0377. The summed E-state index contributed by atoms with van der Waals surface area (Å²) in [5.74, 6) is 1.65. The summed E-state index contributed by atoms with van der Waals surface area (Å²) in [5, 5.41) is 0. The van der Waals surface area contributed by atoms with Gasteiger partial charge >= 0.3 is 29.4 Å². The number of phosphoric acid groups is 3. The Morgan fingerprint density at radius 1 is 1.19 bits per heavy atom. The Bertz CT molecular complexity index is 709. The fourth-order valence-corrected chi connectivity index (χ4v) is 5.09. The van der Waals surface area contributed by atoms with E-state index in [-0.39, 0.29) is 25.4 Å². The summed E-state index contributed by atoms with van der Waals surface area (Å²) in [6, 6.07) is 0. The molecule has 1 aliphatic heterocycles. The minimum Gasteiger partial charge on any atom is -0.459 e. The molecule has 0 radical (unpaired) electrons. The zero-order chi connectivity index (χ0) is 20.9. The molecule has 0 spiro atoms. The maximum Gasteiger partial charge on any atom is 0.490 e. The molecule has 156 valence electrons. The van der Waals surface area contributed by atoms with Gasteiger partial charge in [0.15, 0.2) is 0 Å². The number of hydrogen-bond acceptors (Lipinski definition) is 9. The fraction of sp³-hybridized carbons (Fsp3) is 0.727. The molecule has 4 N–H and O–H groups in total. The number of terminal acetylenes is 1. The van der Waals surface area contributed by atoms with Crippen LogP contribution in [-0.4, -0.2) is 50.5 Å². The number of rotatable bonds is 10. The van der Waals surface area contributed by atoms with Crippen molar-refractivity contribution in [2.75, 3.05) is 6.61 Å². The molecular weight excluding hydrogens is 433 g/mol. The third-order valence-electron chi connectivity index (χ3n) is 2.96. The van der Waals surface area contributed by atoms with Crippen molar-refractivity contribution in [2.45, 2.75) is 44.5 Å². The SMILES string of the molecule is C#CCCC(=O)OC1C[C@H](C)O[C@@H]1COP(=O)(O)OP(=O)(O)OP(=O)(O)O. The van der Waals surface area contributed by atoms with Gasteiger partial charge in [0.25, 0.3) is 0 Å². The van der Waals surface area contributed by atoms with Crippen LogP contribution in [0.3, 0.4) is 0 Å². The van der Waals surface area contributed by atoms with Gasteiger partial charge in [-0.3, -0.25) is 9.32 Å². The van der Waals surface area contributed by atoms with Gasteiger partial charge in [0.05, 0.1) is 19.1 Å². The molecule has 0 aromatic rings. The zero-order valence-electron chi connectivity index (χ0n) is 13.9. The molecule has 0 aliphatic carbocycles. The molecule has 16 heteroatoms. The van der Waals surface area contributed by atoms with Crippen molar-refractivity contribution in [1.82, 2.24) is 0 Å². The van der Waals surface area contributed by atoms with Crippen LogP contribution in [0.5, 0.6) is 0 Å². The van der Waals surface area contributed by atoms with E-state index in [1.807, 2.05) is 0 Å². The van der Waals surface area contributed by atoms with Crippen molar-refractivity contribution in [3.05, 3.63) is 0 Å². The van der Waals surface area contributed by atoms with Crippen LogP contribution in [0.15, 0.2) is 0 Å². The van der Waals surface area contributed by atoms with Crippen molar-refractivity contribution in [3.8, 4) is 12.3 Å². The van der Waals surface area contributed by atoms with Gasteiger partial charge in [-0.1, -0.05) is 0 Å². The molecule has 1 heterocycles. The summed E-state index contributed by atoms with van der Waals surface area (Å²) in [5.41, 5.74) is 0. The Balaban J connectivity index is 2.64. The molecule has 13 nitrogen and oxygen atoms in total. The number of hydrogen-bond donors (Lipinski definition) is 4. The third-order valence-corrected chi connectivity index (χ3v) is 6.76. The molecule has 0 bridgehead atoms. The number of esters is 1. The highest BCUT2D eigenvalue weighted by Crippen LogP contribution is 2.66. The first-order chi connectivity index (χ1) is 12.2. The van der Waals surface area contributed by atoms with E-state index in [1.54, 1.807) is 6.92 Å². The quantitative estimate of drug-likeness (QED) is 0.207. The smallest absolute Gasteiger partial charge is 0.459 e. The maximum atomic E-state index is 11.7. The largest absolute Gasteiger partial charge is 0.490 e. The Hall–Kier alpha value is -0.600. The van der Waals surface area contributed by atoms with Gasteiger partial charge < -0.3 is 29.0 Å². The lowest BCUT2D eigenvalue weighted by Gasteiger charge is -2.21. The maximum absolute atomic E-state index is 11.7. The van der Waals surface area contributed by atoms with E-state index < -0.39 is 48.3 Å². The molecule has 0 aromatic carbocycles. The Morgan fingerprint density at radius 3 is 2.37 bits per heavy atom. The van der Waals surface area contributed by atoms with Crippen LogP contribution in [0.25, 0.3) is 0 Å². The summed E-state index contributed by atoms with van der Waals surface area (Å²) in [6.07, 6.45) is 3.20. The van der Waals surface area contributed by atoms with Gasteiger partial charge in [-0.25, -0.2) is 13.7 Å². The van der Waals surface area contributed by atoms with E-state index >= 15 is 0 Å². The van der Waals surface area contributed by atoms with Gasteiger partial charge in [0.2, 0.25) is 0 Å². The van der Waals surface area contributed by atoms with Gasteiger partial charge in [-0.15, -0.1) is 12.3 Å². The van der Waals surface area contributed by atoms with Crippen molar-refractivity contribution < 1.29 is 60.7 Å². The molecule has 0 saturated carbocycles. The van der Waals surface area contributed by atoms with Crippen LogP contribution < -0.4 is 0 Å². The fourth-order valence-electron chi connectivity index (χ4n) is 2.06. The molecule has 0 aromatic heterocycles. The average Bonchev–Trinajstić information content (AvgIpc) is 2.79. The van der Waals surface area contributed by atoms with E-state index in [4.69, 9.17) is 30.6 Å². The van der Waals surface area contributed by atoms with Crippen LogP contribution >= 0.6 is 23.5 Å². The second kappa shape index (κ2) is 9.74. The zero-order valence-corrected chi connectivity index (χ0v) is 16.6. The van der Waals surface area contributed by atoms with Crippen molar-refractivity contribution in [3.63, 3.8) is 0 Å². The van der Waals surface area contributed by atoms with Crippen molar-refractivity contribution >= 4 is 29.4 Å². The monoisotopic (exact) mass is 452 g/mol. The summed E-state index contributed by atoms with van der Waals surface area (Å²) in [7, 11) is -16.4. The molecule has 5 atom stereocenters. The van der Waals surface area contributed by atoms with Gasteiger partial charge in [0, 0.05) is 12.8 Å².